The van der Waals surface area contributed by atoms with E-state index in [-0.39, 0.29) is 7.93 Å². The summed E-state index contributed by atoms with van der Waals surface area (Å²) in [6.07, 6.45) is 0. The number of rotatable bonds is 3. The van der Waals surface area contributed by atoms with Crippen molar-refractivity contribution < 1.29 is 0 Å². The van der Waals surface area contributed by atoms with Crippen molar-refractivity contribution in [1.82, 2.24) is 0 Å². The molecule has 0 aromatic heterocycles. The lowest BCUT2D eigenvalue weighted by molar-refractivity contribution is 1.48. The van der Waals surface area contributed by atoms with Crippen LogP contribution in [-0.4, -0.2) is 0 Å². The van der Waals surface area contributed by atoms with E-state index in [1.165, 1.54) is 0 Å². The SMILES string of the molecule is [N-]=[N+]=NPSc1ccccc1. The maximum absolute atomic E-state index is 8.00. The van der Waals surface area contributed by atoms with E-state index in [0.717, 1.165) is 4.90 Å². The Bertz CT molecular complexity index is 258. The molecule has 0 bridgehead atoms. The average molecular weight is 183 g/mol. The van der Waals surface area contributed by atoms with Crippen LogP contribution in [0.25, 0.3) is 10.4 Å². The van der Waals surface area contributed by atoms with Crippen LogP contribution in [0.5, 0.6) is 0 Å². The summed E-state index contributed by atoms with van der Waals surface area (Å²) in [7, 11) is 0.235. The Balaban J connectivity index is 2.45. The summed E-state index contributed by atoms with van der Waals surface area (Å²) < 4.78 is 0. The molecule has 56 valence electrons. The molecular formula is C6H6N3PS. The highest BCUT2D eigenvalue weighted by molar-refractivity contribution is 8.49. The molecule has 1 unspecified atom stereocenters. The van der Waals surface area contributed by atoms with E-state index in [9.17, 15) is 0 Å². The molecule has 0 aliphatic carbocycles. The zero-order valence-electron chi connectivity index (χ0n) is 5.64. The van der Waals surface area contributed by atoms with Gasteiger partial charge in [0.1, 0.15) is 0 Å². The first-order chi connectivity index (χ1) is 5.43. The highest BCUT2D eigenvalue weighted by Crippen LogP contribution is 2.37. The maximum atomic E-state index is 8.00. The third kappa shape index (κ3) is 3.28. The number of benzene rings is 1. The smallest absolute Gasteiger partial charge is 0.0367 e. The van der Waals surface area contributed by atoms with E-state index in [2.05, 4.69) is 9.80 Å². The van der Waals surface area contributed by atoms with E-state index >= 15 is 0 Å². The summed E-state index contributed by atoms with van der Waals surface area (Å²) in [4.78, 5) is 7.24. The third-order valence-electron chi connectivity index (χ3n) is 0.992. The molecule has 0 saturated heterocycles. The van der Waals surface area contributed by atoms with E-state index in [0.29, 0.717) is 0 Å². The van der Waals surface area contributed by atoms with Crippen LogP contribution in [0.15, 0.2) is 40.1 Å². The minimum Gasteiger partial charge on any atom is -0.0952 e. The summed E-state index contributed by atoms with van der Waals surface area (Å²) in [5.74, 6) is 0. The van der Waals surface area contributed by atoms with Crippen LogP contribution < -0.4 is 0 Å². The standard InChI is InChI=1S/C6H6N3PS/c7-8-9-10-11-6-4-2-1-3-5-6/h1-5,10H. The molecule has 0 aliphatic heterocycles. The second kappa shape index (κ2) is 5.03. The van der Waals surface area contributed by atoms with E-state index in [1.54, 1.807) is 11.4 Å². The maximum Gasteiger partial charge on any atom is 0.0367 e. The van der Waals surface area contributed by atoms with E-state index < -0.39 is 0 Å². The molecule has 0 radical (unpaired) electrons. The van der Waals surface area contributed by atoms with Gasteiger partial charge in [-0.1, -0.05) is 34.5 Å². The Morgan fingerprint density at radius 3 is 2.73 bits per heavy atom. The molecule has 1 aromatic rings. The Hall–Kier alpha value is -0.690. The molecule has 0 aliphatic rings. The predicted octanol–water partition coefficient (Wildman–Crippen LogP) is 3.60. The molecule has 0 spiro atoms. The lowest BCUT2D eigenvalue weighted by Crippen LogP contribution is -1.61. The highest BCUT2D eigenvalue weighted by Gasteiger charge is 1.87. The minimum absolute atomic E-state index is 0.235. The molecule has 1 rings (SSSR count). The fourth-order valence-corrected chi connectivity index (χ4v) is 2.01. The van der Waals surface area contributed by atoms with E-state index in [4.69, 9.17) is 5.53 Å². The van der Waals surface area contributed by atoms with Gasteiger partial charge >= 0.3 is 0 Å². The topological polar surface area (TPSA) is 48.8 Å². The van der Waals surface area contributed by atoms with Crippen molar-refractivity contribution in [3.05, 3.63) is 40.8 Å². The van der Waals surface area contributed by atoms with Gasteiger partial charge in [-0.25, -0.2) is 0 Å². The summed E-state index contributed by atoms with van der Waals surface area (Å²) in [5.41, 5.74) is 8.00. The largest absolute Gasteiger partial charge is 0.0952 e. The summed E-state index contributed by atoms with van der Waals surface area (Å²) in [6, 6.07) is 9.86. The molecule has 0 saturated carbocycles. The quantitative estimate of drug-likeness (QED) is 0.305. The molecule has 5 heteroatoms. The molecule has 0 amide bonds. The van der Waals surface area contributed by atoms with Crippen molar-refractivity contribution in [3.8, 4) is 0 Å². The van der Waals surface area contributed by atoms with Crippen LogP contribution in [0.2, 0.25) is 0 Å². The van der Waals surface area contributed by atoms with Crippen molar-refractivity contribution in [1.29, 1.82) is 0 Å². The van der Waals surface area contributed by atoms with Gasteiger partial charge in [0, 0.05) is 17.7 Å². The lowest BCUT2D eigenvalue weighted by atomic mass is 10.4. The van der Waals surface area contributed by atoms with Crippen molar-refractivity contribution in [2.45, 2.75) is 4.90 Å². The predicted molar refractivity (Wildman–Crippen MR) is 49.8 cm³/mol. The van der Waals surface area contributed by atoms with Crippen LogP contribution in [0.1, 0.15) is 0 Å². The highest BCUT2D eigenvalue weighted by atomic mass is 32.7. The molecule has 0 heterocycles. The summed E-state index contributed by atoms with van der Waals surface area (Å²) >= 11 is 1.55. The first-order valence-corrected chi connectivity index (χ1v) is 5.43. The van der Waals surface area contributed by atoms with Crippen molar-refractivity contribution in [2.24, 2.45) is 4.88 Å². The normalized spacial score (nSPS) is 9.82. The van der Waals surface area contributed by atoms with Gasteiger partial charge in [0.15, 0.2) is 0 Å². The summed E-state index contributed by atoms with van der Waals surface area (Å²) in [6.45, 7) is 0. The Kier molecular flexibility index (Phi) is 3.84. The van der Waals surface area contributed by atoms with Crippen molar-refractivity contribution >= 4 is 19.3 Å². The van der Waals surface area contributed by atoms with Crippen LogP contribution >= 0.6 is 19.3 Å². The number of nitrogens with zero attached hydrogens (tertiary/aromatic N) is 3. The van der Waals surface area contributed by atoms with Crippen molar-refractivity contribution in [2.75, 3.05) is 0 Å². The minimum atomic E-state index is 0.235. The van der Waals surface area contributed by atoms with Gasteiger partial charge < -0.3 is 0 Å². The second-order valence-corrected chi connectivity index (χ2v) is 3.91. The van der Waals surface area contributed by atoms with Gasteiger partial charge in [0.2, 0.25) is 0 Å². The zero-order valence-corrected chi connectivity index (χ0v) is 7.45. The van der Waals surface area contributed by atoms with Gasteiger partial charge in [-0.2, -0.15) is 0 Å². The van der Waals surface area contributed by atoms with Crippen LogP contribution in [0, 0.1) is 0 Å². The van der Waals surface area contributed by atoms with Crippen LogP contribution in [-0.2, 0) is 0 Å². The van der Waals surface area contributed by atoms with Crippen LogP contribution in [0.4, 0.5) is 0 Å². The van der Waals surface area contributed by atoms with Crippen LogP contribution in [0.3, 0.4) is 0 Å². The molecule has 11 heavy (non-hydrogen) atoms. The first-order valence-electron chi connectivity index (χ1n) is 2.94. The first kappa shape index (κ1) is 8.41. The monoisotopic (exact) mass is 183 g/mol. The van der Waals surface area contributed by atoms with Gasteiger partial charge in [-0.05, 0) is 17.7 Å². The molecule has 0 N–H and O–H groups in total. The second-order valence-electron chi connectivity index (χ2n) is 1.70. The van der Waals surface area contributed by atoms with Gasteiger partial charge in [-0.15, -0.1) is 0 Å². The fourth-order valence-electron chi connectivity index (χ4n) is 0.580. The van der Waals surface area contributed by atoms with Gasteiger partial charge in [0.05, 0.1) is 0 Å². The lowest BCUT2D eigenvalue weighted by Gasteiger charge is -1.93. The molecule has 1 aromatic carbocycles. The van der Waals surface area contributed by atoms with Gasteiger partial charge in [-0.3, -0.25) is 0 Å². The fraction of sp³-hybridized carbons (Fsp3) is 0. The Morgan fingerprint density at radius 2 is 2.09 bits per heavy atom. The molecule has 3 nitrogen and oxygen atoms in total. The number of azide groups is 1. The Morgan fingerprint density at radius 1 is 1.36 bits per heavy atom. The van der Waals surface area contributed by atoms with Gasteiger partial charge in [0.25, 0.3) is 0 Å². The van der Waals surface area contributed by atoms with Crippen molar-refractivity contribution in [3.63, 3.8) is 0 Å². The molecular weight excluding hydrogens is 177 g/mol. The summed E-state index contributed by atoms with van der Waals surface area (Å²) in [5, 5.41) is 0. The molecule has 1 atom stereocenters. The van der Waals surface area contributed by atoms with E-state index in [1.807, 2.05) is 30.3 Å². The number of hydrogen-bond donors (Lipinski definition) is 0. The zero-order chi connectivity index (χ0) is 7.94. The number of hydrogen-bond acceptors (Lipinski definition) is 2. The Labute approximate surface area is 70.4 Å². The molecule has 0 fully saturated rings. The third-order valence-corrected chi connectivity index (χ3v) is 2.99. The average Bonchev–Trinajstić information content (AvgIpc) is 2.07.